The van der Waals surface area contributed by atoms with Crippen LogP contribution in [0.1, 0.15) is 12.8 Å². The van der Waals surface area contributed by atoms with Gasteiger partial charge in [0.05, 0.1) is 6.61 Å². The molecule has 1 amide bonds. The Morgan fingerprint density at radius 1 is 1.53 bits per heavy atom. The van der Waals surface area contributed by atoms with Crippen molar-refractivity contribution in [1.29, 1.82) is 0 Å². The van der Waals surface area contributed by atoms with Crippen molar-refractivity contribution in [3.05, 3.63) is 0 Å². The second-order valence-corrected chi connectivity index (χ2v) is 4.20. The van der Waals surface area contributed by atoms with Crippen LogP contribution in [0, 0.1) is 5.92 Å². The second-order valence-electron chi connectivity index (χ2n) is 3.89. The minimum atomic E-state index is 0.164. The third kappa shape index (κ3) is 4.36. The summed E-state index contributed by atoms with van der Waals surface area (Å²) in [7, 11) is 0. The fourth-order valence-electron chi connectivity index (χ4n) is 1.77. The summed E-state index contributed by atoms with van der Waals surface area (Å²) in [6.07, 6.45) is 1.54. The Morgan fingerprint density at radius 3 is 2.93 bits per heavy atom. The number of aliphatic hydroxyl groups is 1. The average molecular weight is 235 g/mol. The van der Waals surface area contributed by atoms with Crippen LogP contribution in [0.25, 0.3) is 0 Å². The molecule has 2 N–H and O–H groups in total. The minimum Gasteiger partial charge on any atom is -0.395 e. The molecule has 5 heteroatoms. The first-order valence-corrected chi connectivity index (χ1v) is 5.96. The third-order valence-electron chi connectivity index (χ3n) is 2.58. The highest BCUT2D eigenvalue weighted by Crippen LogP contribution is 2.18. The summed E-state index contributed by atoms with van der Waals surface area (Å²) in [5.74, 6) is 1.14. The lowest BCUT2D eigenvalue weighted by atomic mass is 10.1. The van der Waals surface area contributed by atoms with Crippen molar-refractivity contribution in [1.82, 2.24) is 10.2 Å². The number of rotatable bonds is 7. The summed E-state index contributed by atoms with van der Waals surface area (Å²) < 4.78 is 0. The van der Waals surface area contributed by atoms with E-state index in [1.165, 1.54) is 0 Å². The van der Waals surface area contributed by atoms with Crippen LogP contribution >= 0.6 is 11.6 Å². The van der Waals surface area contributed by atoms with Gasteiger partial charge >= 0.3 is 0 Å². The molecule has 0 aromatic carbocycles. The van der Waals surface area contributed by atoms with E-state index < -0.39 is 0 Å². The molecule has 0 saturated carbocycles. The Morgan fingerprint density at radius 2 is 2.33 bits per heavy atom. The summed E-state index contributed by atoms with van der Waals surface area (Å²) in [4.78, 5) is 13.4. The number of likely N-dealkylation sites (tertiary alicyclic amines) is 1. The summed E-state index contributed by atoms with van der Waals surface area (Å²) in [6.45, 7) is 3.23. The van der Waals surface area contributed by atoms with Gasteiger partial charge in [0, 0.05) is 31.9 Å². The lowest BCUT2D eigenvalue weighted by Crippen LogP contribution is -2.29. The summed E-state index contributed by atoms with van der Waals surface area (Å²) in [5.41, 5.74) is 0. The average Bonchev–Trinajstić information content (AvgIpc) is 2.59. The third-order valence-corrected chi connectivity index (χ3v) is 3.02. The molecule has 1 atom stereocenters. The molecular weight excluding hydrogens is 216 g/mol. The van der Waals surface area contributed by atoms with Gasteiger partial charge in [-0.15, -0.1) is 11.6 Å². The molecule has 0 spiro atoms. The predicted molar refractivity (Wildman–Crippen MR) is 60.0 cm³/mol. The van der Waals surface area contributed by atoms with E-state index in [-0.39, 0.29) is 12.5 Å². The van der Waals surface area contributed by atoms with Gasteiger partial charge in [0.1, 0.15) is 0 Å². The van der Waals surface area contributed by atoms with E-state index in [4.69, 9.17) is 16.7 Å². The van der Waals surface area contributed by atoms with Crippen molar-refractivity contribution in [3.8, 4) is 0 Å². The van der Waals surface area contributed by atoms with Gasteiger partial charge in [-0.25, -0.2) is 0 Å². The van der Waals surface area contributed by atoms with E-state index >= 15 is 0 Å². The maximum absolute atomic E-state index is 11.5. The van der Waals surface area contributed by atoms with E-state index in [0.717, 1.165) is 26.1 Å². The number of carbonyl (C=O) groups excluding carboxylic acids is 1. The van der Waals surface area contributed by atoms with Crippen molar-refractivity contribution in [2.45, 2.75) is 12.8 Å². The monoisotopic (exact) mass is 234 g/mol. The molecule has 1 fully saturated rings. The number of carbonyl (C=O) groups is 1. The summed E-state index contributed by atoms with van der Waals surface area (Å²) >= 11 is 5.72. The largest absolute Gasteiger partial charge is 0.395 e. The Kier molecular flexibility index (Phi) is 5.98. The molecule has 4 nitrogen and oxygen atoms in total. The lowest BCUT2D eigenvalue weighted by Gasteiger charge is -2.16. The fraction of sp³-hybridized carbons (Fsp3) is 0.900. The number of nitrogens with zero attached hydrogens (tertiary/aromatic N) is 1. The normalized spacial score (nSPS) is 21.3. The van der Waals surface area contributed by atoms with E-state index in [9.17, 15) is 4.79 Å². The van der Waals surface area contributed by atoms with Crippen LogP contribution in [0.3, 0.4) is 0 Å². The first kappa shape index (κ1) is 12.7. The quantitative estimate of drug-likeness (QED) is 0.483. The van der Waals surface area contributed by atoms with Crippen LogP contribution in [-0.4, -0.2) is 54.6 Å². The first-order chi connectivity index (χ1) is 7.27. The molecular formula is C10H19ClN2O2. The van der Waals surface area contributed by atoms with E-state index in [1.807, 2.05) is 4.90 Å². The Bertz CT molecular complexity index is 202. The predicted octanol–water partition coefficient (Wildman–Crippen LogP) is 0.0457. The molecule has 1 aliphatic heterocycles. The number of alkyl halides is 1. The van der Waals surface area contributed by atoms with Crippen molar-refractivity contribution >= 4 is 17.5 Å². The molecule has 1 unspecified atom stereocenters. The Balaban J connectivity index is 2.08. The minimum absolute atomic E-state index is 0.164. The molecule has 0 aliphatic carbocycles. The molecule has 0 aromatic heterocycles. The van der Waals surface area contributed by atoms with Crippen LogP contribution in [0.2, 0.25) is 0 Å². The maximum Gasteiger partial charge on any atom is 0.222 e. The molecule has 1 aliphatic rings. The van der Waals surface area contributed by atoms with Gasteiger partial charge in [0.2, 0.25) is 5.91 Å². The molecule has 88 valence electrons. The highest BCUT2D eigenvalue weighted by molar-refractivity contribution is 6.18. The van der Waals surface area contributed by atoms with Crippen LogP contribution in [0.15, 0.2) is 0 Å². The zero-order valence-corrected chi connectivity index (χ0v) is 9.67. The zero-order chi connectivity index (χ0) is 11.1. The zero-order valence-electron chi connectivity index (χ0n) is 8.91. The van der Waals surface area contributed by atoms with Crippen molar-refractivity contribution in [2.24, 2.45) is 5.92 Å². The van der Waals surface area contributed by atoms with E-state index in [0.29, 0.717) is 24.8 Å². The van der Waals surface area contributed by atoms with Gasteiger partial charge in [-0.05, 0) is 18.9 Å². The van der Waals surface area contributed by atoms with Gasteiger partial charge in [0.25, 0.3) is 0 Å². The lowest BCUT2D eigenvalue weighted by molar-refractivity contribution is -0.127. The number of hydrogen-bond donors (Lipinski definition) is 2. The standard InChI is InChI=1S/C10H19ClN2O2/c11-7-9-6-10(15)13(8-9)4-1-2-12-3-5-14/h9,12,14H,1-8H2. The maximum atomic E-state index is 11.5. The number of aliphatic hydroxyl groups excluding tert-OH is 1. The topological polar surface area (TPSA) is 52.6 Å². The second kappa shape index (κ2) is 7.04. The van der Waals surface area contributed by atoms with Crippen molar-refractivity contribution < 1.29 is 9.90 Å². The Labute approximate surface area is 95.6 Å². The summed E-state index contributed by atoms with van der Waals surface area (Å²) in [6, 6.07) is 0. The van der Waals surface area contributed by atoms with Crippen LogP contribution in [0.4, 0.5) is 0 Å². The van der Waals surface area contributed by atoms with Gasteiger partial charge in [0.15, 0.2) is 0 Å². The van der Waals surface area contributed by atoms with Crippen molar-refractivity contribution in [2.75, 3.05) is 38.7 Å². The smallest absolute Gasteiger partial charge is 0.222 e. The van der Waals surface area contributed by atoms with Crippen LogP contribution in [-0.2, 0) is 4.79 Å². The fourth-order valence-corrected chi connectivity index (χ4v) is 1.98. The summed E-state index contributed by atoms with van der Waals surface area (Å²) in [5, 5.41) is 11.6. The highest BCUT2D eigenvalue weighted by atomic mass is 35.5. The van der Waals surface area contributed by atoms with Crippen LogP contribution in [0.5, 0.6) is 0 Å². The number of nitrogens with one attached hydrogen (secondary N) is 1. The van der Waals surface area contributed by atoms with Gasteiger partial charge in [-0.1, -0.05) is 0 Å². The molecule has 0 radical (unpaired) electrons. The highest BCUT2D eigenvalue weighted by Gasteiger charge is 2.27. The van der Waals surface area contributed by atoms with E-state index in [2.05, 4.69) is 5.32 Å². The van der Waals surface area contributed by atoms with Gasteiger partial charge < -0.3 is 15.3 Å². The van der Waals surface area contributed by atoms with Gasteiger partial charge in [-0.3, -0.25) is 4.79 Å². The number of amides is 1. The molecule has 15 heavy (non-hydrogen) atoms. The van der Waals surface area contributed by atoms with E-state index in [1.54, 1.807) is 0 Å². The van der Waals surface area contributed by atoms with Gasteiger partial charge in [-0.2, -0.15) is 0 Å². The van der Waals surface area contributed by atoms with Crippen LogP contribution < -0.4 is 5.32 Å². The Hall–Kier alpha value is -0.320. The SMILES string of the molecule is O=C1CC(CCl)CN1CCCNCCO. The van der Waals surface area contributed by atoms with Crippen molar-refractivity contribution in [3.63, 3.8) is 0 Å². The molecule has 1 heterocycles. The number of hydrogen-bond acceptors (Lipinski definition) is 3. The molecule has 0 aromatic rings. The molecule has 1 saturated heterocycles. The molecule has 1 rings (SSSR count). The number of halogens is 1. The first-order valence-electron chi connectivity index (χ1n) is 5.43. The molecule has 0 bridgehead atoms.